The third-order valence-corrected chi connectivity index (χ3v) is 5.17. The smallest absolute Gasteiger partial charge is 0.278 e. The number of fused-ring (bicyclic) bond motifs is 1. The van der Waals surface area contributed by atoms with E-state index < -0.39 is 5.56 Å². The molecule has 0 saturated carbocycles. The number of aromatic nitrogens is 2. The number of anilines is 1. The molecule has 2 amide bonds. The molecule has 3 aromatic rings. The van der Waals surface area contributed by atoms with E-state index in [0.717, 1.165) is 27.9 Å². The molecule has 152 valence electrons. The quantitative estimate of drug-likeness (QED) is 0.684. The Morgan fingerprint density at radius 2 is 1.80 bits per heavy atom. The van der Waals surface area contributed by atoms with E-state index in [9.17, 15) is 14.4 Å². The summed E-state index contributed by atoms with van der Waals surface area (Å²) in [5.74, 6) is -0.675. The minimum Gasteiger partial charge on any atom is -0.350 e. The molecule has 0 atom stereocenters. The van der Waals surface area contributed by atoms with Gasteiger partial charge in [-0.15, -0.1) is 0 Å². The van der Waals surface area contributed by atoms with E-state index in [2.05, 4.69) is 10.4 Å². The fourth-order valence-electron chi connectivity index (χ4n) is 3.36. The average molecular weight is 423 g/mol. The first kappa shape index (κ1) is 19.8. The average Bonchev–Trinajstić information content (AvgIpc) is 3.18. The predicted molar refractivity (Wildman–Crippen MR) is 114 cm³/mol. The number of hydrogen-bond acceptors (Lipinski definition) is 4. The number of rotatable bonds is 5. The number of halogens is 1. The van der Waals surface area contributed by atoms with Gasteiger partial charge < -0.3 is 10.2 Å². The summed E-state index contributed by atoms with van der Waals surface area (Å²) in [4.78, 5) is 39.0. The van der Waals surface area contributed by atoms with Crippen LogP contribution < -0.4 is 15.8 Å². The van der Waals surface area contributed by atoms with Crippen LogP contribution in [0, 0.1) is 0 Å². The van der Waals surface area contributed by atoms with Crippen molar-refractivity contribution in [2.45, 2.75) is 19.5 Å². The van der Waals surface area contributed by atoms with Gasteiger partial charge >= 0.3 is 0 Å². The van der Waals surface area contributed by atoms with E-state index in [-0.39, 0.29) is 24.1 Å². The van der Waals surface area contributed by atoms with Crippen LogP contribution in [0.3, 0.4) is 0 Å². The molecule has 7 nitrogen and oxygen atoms in total. The second-order valence-electron chi connectivity index (χ2n) is 6.95. The molecule has 1 N–H and O–H groups in total. The Bertz CT molecular complexity index is 1160. The lowest BCUT2D eigenvalue weighted by Gasteiger charge is -2.17. The lowest BCUT2D eigenvalue weighted by molar-refractivity contribution is -0.122. The molecule has 0 radical (unpaired) electrons. The molecule has 2 heterocycles. The van der Waals surface area contributed by atoms with Gasteiger partial charge in [-0.05, 0) is 41.8 Å². The van der Waals surface area contributed by atoms with Gasteiger partial charge in [-0.3, -0.25) is 14.4 Å². The Morgan fingerprint density at radius 1 is 1.03 bits per heavy atom. The van der Waals surface area contributed by atoms with Crippen LogP contribution >= 0.6 is 11.6 Å². The van der Waals surface area contributed by atoms with Crippen molar-refractivity contribution in [2.24, 2.45) is 0 Å². The number of carbonyl (C=O) groups is 2. The maximum absolute atomic E-state index is 12.9. The van der Waals surface area contributed by atoms with E-state index in [1.54, 1.807) is 29.2 Å². The van der Waals surface area contributed by atoms with Crippen molar-refractivity contribution in [2.75, 3.05) is 11.4 Å². The Hall–Kier alpha value is -3.45. The SMILES string of the molecule is O=C(Cn1nc(C(=O)N2CCc3ccccc32)ccc1=O)NCc1ccc(Cl)cc1. The van der Waals surface area contributed by atoms with Crippen LogP contribution in [0.25, 0.3) is 0 Å². The molecule has 4 rings (SSSR count). The van der Waals surface area contributed by atoms with Crippen LogP contribution in [0.15, 0.2) is 65.5 Å². The van der Waals surface area contributed by atoms with Crippen LogP contribution in [0.2, 0.25) is 5.02 Å². The summed E-state index contributed by atoms with van der Waals surface area (Å²) in [6, 6.07) is 17.4. The zero-order valence-electron chi connectivity index (χ0n) is 16.0. The maximum Gasteiger partial charge on any atom is 0.278 e. The monoisotopic (exact) mass is 422 g/mol. The molecule has 1 aliphatic rings. The second kappa shape index (κ2) is 8.51. The second-order valence-corrected chi connectivity index (χ2v) is 7.39. The minimum atomic E-state index is -0.449. The lowest BCUT2D eigenvalue weighted by atomic mass is 10.2. The van der Waals surface area contributed by atoms with Gasteiger partial charge in [-0.25, -0.2) is 4.68 Å². The molecule has 2 aromatic carbocycles. The molecule has 1 aliphatic heterocycles. The maximum atomic E-state index is 12.9. The Kier molecular flexibility index (Phi) is 5.63. The zero-order valence-corrected chi connectivity index (χ0v) is 16.8. The summed E-state index contributed by atoms with van der Waals surface area (Å²) in [6.45, 7) is 0.582. The molecule has 30 heavy (non-hydrogen) atoms. The van der Waals surface area contributed by atoms with Crippen molar-refractivity contribution in [3.05, 3.63) is 92.9 Å². The van der Waals surface area contributed by atoms with Gasteiger partial charge in [0.05, 0.1) is 0 Å². The van der Waals surface area contributed by atoms with E-state index in [1.807, 2.05) is 24.3 Å². The van der Waals surface area contributed by atoms with E-state index >= 15 is 0 Å². The number of amides is 2. The van der Waals surface area contributed by atoms with Crippen molar-refractivity contribution in [3.63, 3.8) is 0 Å². The molecule has 1 aromatic heterocycles. The van der Waals surface area contributed by atoms with Gasteiger partial charge in [0.1, 0.15) is 12.2 Å². The van der Waals surface area contributed by atoms with Crippen molar-refractivity contribution in [3.8, 4) is 0 Å². The lowest BCUT2D eigenvalue weighted by Crippen LogP contribution is -2.36. The van der Waals surface area contributed by atoms with E-state index in [1.165, 1.54) is 12.1 Å². The number of para-hydroxylation sites is 1. The molecule has 0 aliphatic carbocycles. The molecule has 0 saturated heterocycles. The number of nitrogens with zero attached hydrogens (tertiary/aromatic N) is 3. The number of nitrogens with one attached hydrogen (secondary N) is 1. The first-order valence-corrected chi connectivity index (χ1v) is 9.88. The topological polar surface area (TPSA) is 84.3 Å². The van der Waals surface area contributed by atoms with Crippen molar-refractivity contribution in [1.29, 1.82) is 0 Å². The Morgan fingerprint density at radius 3 is 2.60 bits per heavy atom. The van der Waals surface area contributed by atoms with Gasteiger partial charge in [0.15, 0.2) is 0 Å². The van der Waals surface area contributed by atoms with Crippen LogP contribution in [-0.2, 0) is 24.3 Å². The van der Waals surface area contributed by atoms with Gasteiger partial charge in [-0.2, -0.15) is 5.10 Å². The zero-order chi connectivity index (χ0) is 21.1. The summed E-state index contributed by atoms with van der Waals surface area (Å²) in [5, 5.41) is 7.48. The van der Waals surface area contributed by atoms with Crippen molar-refractivity contribution >= 4 is 29.1 Å². The number of hydrogen-bond donors (Lipinski definition) is 1. The summed E-state index contributed by atoms with van der Waals surface area (Å²) < 4.78 is 1.01. The van der Waals surface area contributed by atoms with Gasteiger partial charge in [0.25, 0.3) is 11.5 Å². The van der Waals surface area contributed by atoms with Crippen molar-refractivity contribution < 1.29 is 9.59 Å². The highest BCUT2D eigenvalue weighted by Crippen LogP contribution is 2.28. The van der Waals surface area contributed by atoms with Gasteiger partial charge in [-0.1, -0.05) is 41.9 Å². The summed E-state index contributed by atoms with van der Waals surface area (Å²) in [5.41, 5.74) is 2.50. The third-order valence-electron chi connectivity index (χ3n) is 4.91. The third kappa shape index (κ3) is 4.26. The molecule has 0 bridgehead atoms. The largest absolute Gasteiger partial charge is 0.350 e. The highest BCUT2D eigenvalue weighted by atomic mass is 35.5. The number of benzene rings is 2. The Labute approximate surface area is 177 Å². The first-order valence-electron chi connectivity index (χ1n) is 9.50. The predicted octanol–water partition coefficient (Wildman–Crippen LogP) is 2.42. The molecular formula is C22H19ClN4O3. The fraction of sp³-hybridized carbons (Fsp3) is 0.182. The summed E-state index contributed by atoms with van der Waals surface area (Å²) in [6.07, 6.45) is 0.772. The van der Waals surface area contributed by atoms with Crippen LogP contribution in [-0.4, -0.2) is 28.1 Å². The molecule has 8 heteroatoms. The normalized spacial score (nSPS) is 12.5. The first-order chi connectivity index (χ1) is 14.5. The van der Waals surface area contributed by atoms with Crippen molar-refractivity contribution in [1.82, 2.24) is 15.1 Å². The standard InChI is InChI=1S/C22H19ClN4O3/c23-17-7-5-15(6-8-17)13-24-20(28)14-27-21(29)10-9-18(25-27)22(30)26-12-11-16-3-1-2-4-19(16)26/h1-10H,11-14H2,(H,24,28). The highest BCUT2D eigenvalue weighted by molar-refractivity contribution is 6.30. The van der Waals surface area contributed by atoms with Gasteiger partial charge in [0, 0.05) is 29.9 Å². The minimum absolute atomic E-state index is 0.122. The summed E-state index contributed by atoms with van der Waals surface area (Å²) >= 11 is 5.85. The fourth-order valence-corrected chi connectivity index (χ4v) is 3.48. The molecule has 0 fully saturated rings. The van der Waals surface area contributed by atoms with E-state index in [0.29, 0.717) is 18.1 Å². The van der Waals surface area contributed by atoms with Crippen LogP contribution in [0.4, 0.5) is 5.69 Å². The molecule has 0 unspecified atom stereocenters. The van der Waals surface area contributed by atoms with Crippen LogP contribution in [0.5, 0.6) is 0 Å². The highest BCUT2D eigenvalue weighted by Gasteiger charge is 2.26. The van der Waals surface area contributed by atoms with E-state index in [4.69, 9.17) is 11.6 Å². The molecular weight excluding hydrogens is 404 g/mol. The Balaban J connectivity index is 1.45. The number of carbonyl (C=O) groups excluding carboxylic acids is 2. The summed E-state index contributed by atoms with van der Waals surface area (Å²) in [7, 11) is 0. The van der Waals surface area contributed by atoms with Gasteiger partial charge in [0.2, 0.25) is 5.91 Å². The van der Waals surface area contributed by atoms with Crippen LogP contribution in [0.1, 0.15) is 21.6 Å². The molecule has 0 spiro atoms.